The van der Waals surface area contributed by atoms with E-state index in [9.17, 15) is 19.5 Å². The number of nitrogens with one attached hydrogen (secondary N) is 2. The minimum atomic E-state index is -1.12. The van der Waals surface area contributed by atoms with Crippen molar-refractivity contribution < 1.29 is 29.3 Å². The molecule has 34 heavy (non-hydrogen) atoms. The number of carbonyl (C=O) groups excluding carboxylic acids is 2. The Bertz CT molecular complexity index is 1040. The van der Waals surface area contributed by atoms with Gasteiger partial charge in [-0.1, -0.05) is 48.5 Å². The number of carboxylic acid groups (broad SMARTS) is 1. The number of aliphatic hydroxyl groups excluding tert-OH is 1. The number of ether oxygens (including phenoxy) is 1. The fraction of sp³-hybridized carbons (Fsp3) is 0.423. The number of alkyl carbamates (subject to hydrolysis) is 1. The Morgan fingerprint density at radius 1 is 1.06 bits per heavy atom. The number of amides is 2. The zero-order valence-corrected chi connectivity index (χ0v) is 19.1. The van der Waals surface area contributed by atoms with Crippen molar-refractivity contribution in [2.24, 2.45) is 5.92 Å². The first kappa shape index (κ1) is 23.8. The van der Waals surface area contributed by atoms with Gasteiger partial charge in [0.1, 0.15) is 6.61 Å². The molecule has 2 aliphatic rings. The molecule has 0 spiro atoms. The van der Waals surface area contributed by atoms with Gasteiger partial charge in [-0.2, -0.15) is 0 Å². The van der Waals surface area contributed by atoms with Gasteiger partial charge in [-0.25, -0.2) is 4.79 Å². The number of aliphatic hydroxyl groups is 1. The van der Waals surface area contributed by atoms with E-state index in [4.69, 9.17) is 9.84 Å². The molecule has 0 radical (unpaired) electrons. The maximum absolute atomic E-state index is 12.4. The third-order valence-corrected chi connectivity index (χ3v) is 6.67. The van der Waals surface area contributed by atoms with E-state index in [-0.39, 0.29) is 37.8 Å². The van der Waals surface area contributed by atoms with Crippen molar-refractivity contribution in [1.82, 2.24) is 10.6 Å². The van der Waals surface area contributed by atoms with Gasteiger partial charge in [-0.3, -0.25) is 9.59 Å². The molecule has 0 aliphatic heterocycles. The molecule has 0 heterocycles. The number of hydrogen-bond acceptors (Lipinski definition) is 5. The van der Waals surface area contributed by atoms with Crippen LogP contribution in [0.3, 0.4) is 0 Å². The molecule has 8 nitrogen and oxygen atoms in total. The second-order valence-electron chi connectivity index (χ2n) is 9.37. The molecule has 2 aromatic carbocycles. The van der Waals surface area contributed by atoms with Crippen molar-refractivity contribution in [3.63, 3.8) is 0 Å². The third kappa shape index (κ3) is 5.39. The lowest BCUT2D eigenvalue weighted by Crippen LogP contribution is -2.50. The summed E-state index contributed by atoms with van der Waals surface area (Å²) in [6.07, 6.45) is -0.460. The number of rotatable bonds is 10. The minimum absolute atomic E-state index is 0.0665. The topological polar surface area (TPSA) is 125 Å². The van der Waals surface area contributed by atoms with Crippen LogP contribution in [0.2, 0.25) is 0 Å². The highest BCUT2D eigenvalue weighted by atomic mass is 16.5. The maximum atomic E-state index is 12.4. The van der Waals surface area contributed by atoms with E-state index in [0.29, 0.717) is 0 Å². The maximum Gasteiger partial charge on any atom is 0.407 e. The van der Waals surface area contributed by atoms with Gasteiger partial charge in [-0.15, -0.1) is 0 Å². The van der Waals surface area contributed by atoms with E-state index in [1.165, 1.54) is 0 Å². The summed E-state index contributed by atoms with van der Waals surface area (Å²) in [5.41, 5.74) is 3.65. The van der Waals surface area contributed by atoms with Gasteiger partial charge >= 0.3 is 12.1 Å². The summed E-state index contributed by atoms with van der Waals surface area (Å²) in [4.78, 5) is 35.8. The van der Waals surface area contributed by atoms with Crippen molar-refractivity contribution in [3.8, 4) is 11.1 Å². The highest BCUT2D eigenvalue weighted by Crippen LogP contribution is 2.44. The van der Waals surface area contributed by atoms with Crippen molar-refractivity contribution in [2.45, 2.75) is 50.2 Å². The first-order valence-electron chi connectivity index (χ1n) is 11.6. The van der Waals surface area contributed by atoms with Crippen LogP contribution in [-0.2, 0) is 14.3 Å². The normalized spacial score (nSPS) is 17.1. The highest BCUT2D eigenvalue weighted by molar-refractivity contribution is 5.80. The smallest absolute Gasteiger partial charge is 0.407 e. The van der Waals surface area contributed by atoms with E-state index >= 15 is 0 Å². The first-order chi connectivity index (χ1) is 16.3. The Balaban J connectivity index is 1.24. The van der Waals surface area contributed by atoms with Crippen LogP contribution in [0.4, 0.5) is 4.79 Å². The number of hydrogen-bond donors (Lipinski definition) is 4. The van der Waals surface area contributed by atoms with E-state index in [2.05, 4.69) is 22.8 Å². The molecule has 1 saturated carbocycles. The van der Waals surface area contributed by atoms with Crippen LogP contribution in [0.25, 0.3) is 11.1 Å². The van der Waals surface area contributed by atoms with Crippen LogP contribution < -0.4 is 10.6 Å². The average molecular weight is 467 g/mol. The van der Waals surface area contributed by atoms with Gasteiger partial charge in [-0.05, 0) is 47.9 Å². The fourth-order valence-electron chi connectivity index (χ4n) is 4.83. The summed E-state index contributed by atoms with van der Waals surface area (Å²) < 4.78 is 5.43. The van der Waals surface area contributed by atoms with Crippen molar-refractivity contribution in [3.05, 3.63) is 59.7 Å². The molecule has 2 aliphatic carbocycles. The number of carbonyl (C=O) groups is 3. The van der Waals surface area contributed by atoms with E-state index in [1.54, 1.807) is 6.92 Å². The minimum Gasteiger partial charge on any atom is -0.481 e. The third-order valence-electron chi connectivity index (χ3n) is 6.67. The summed E-state index contributed by atoms with van der Waals surface area (Å²) in [6, 6.07) is 16.1. The Morgan fingerprint density at radius 3 is 2.21 bits per heavy atom. The molecule has 4 rings (SSSR count). The van der Waals surface area contributed by atoms with Crippen LogP contribution in [0, 0.1) is 5.92 Å². The predicted octanol–water partition coefficient (Wildman–Crippen LogP) is 3.04. The van der Waals surface area contributed by atoms with E-state index < -0.39 is 29.6 Å². The highest BCUT2D eigenvalue weighted by Gasteiger charge is 2.44. The van der Waals surface area contributed by atoms with Gasteiger partial charge in [0.25, 0.3) is 0 Å². The average Bonchev–Trinajstić information content (AvgIpc) is 3.60. The number of carboxylic acids is 1. The molecule has 2 aromatic rings. The Kier molecular flexibility index (Phi) is 6.88. The van der Waals surface area contributed by atoms with Gasteiger partial charge in [0.05, 0.1) is 24.5 Å². The molecule has 1 fully saturated rings. The van der Waals surface area contributed by atoms with Crippen molar-refractivity contribution in [2.75, 3.05) is 13.2 Å². The second-order valence-corrected chi connectivity index (χ2v) is 9.37. The van der Waals surface area contributed by atoms with Crippen LogP contribution in [0.15, 0.2) is 48.5 Å². The lowest BCUT2D eigenvalue weighted by atomic mass is 9.91. The Morgan fingerprint density at radius 2 is 1.65 bits per heavy atom. The summed E-state index contributed by atoms with van der Waals surface area (Å²) >= 11 is 0. The quantitative estimate of drug-likeness (QED) is 0.427. The summed E-state index contributed by atoms with van der Waals surface area (Å²) in [5.74, 6) is -1.36. The molecular weight excluding hydrogens is 436 g/mol. The number of aliphatic carboxylic acids is 1. The number of benzene rings is 2. The van der Waals surface area contributed by atoms with Crippen LogP contribution >= 0.6 is 0 Å². The van der Waals surface area contributed by atoms with Crippen molar-refractivity contribution >= 4 is 18.0 Å². The molecule has 2 atom stereocenters. The Hall–Kier alpha value is -3.39. The van der Waals surface area contributed by atoms with Crippen LogP contribution in [0.1, 0.15) is 49.7 Å². The molecular formula is C26H30N2O6. The second kappa shape index (κ2) is 9.85. The van der Waals surface area contributed by atoms with Gasteiger partial charge in [0.15, 0.2) is 0 Å². The van der Waals surface area contributed by atoms with Gasteiger partial charge in [0.2, 0.25) is 5.91 Å². The zero-order valence-electron chi connectivity index (χ0n) is 19.1. The molecule has 4 N–H and O–H groups in total. The SMILES string of the molecule is CC(CC(=O)O)(NC(=O)CC(O)CNC(=O)OCC1c2ccccc2-c2ccccc21)C1CC1. The lowest BCUT2D eigenvalue weighted by molar-refractivity contribution is -0.139. The van der Waals surface area contributed by atoms with E-state index in [0.717, 1.165) is 35.1 Å². The molecule has 2 amide bonds. The van der Waals surface area contributed by atoms with Gasteiger partial charge in [0, 0.05) is 12.5 Å². The zero-order chi connectivity index (χ0) is 24.3. The van der Waals surface area contributed by atoms with E-state index in [1.807, 2.05) is 36.4 Å². The lowest BCUT2D eigenvalue weighted by Gasteiger charge is -2.30. The molecule has 8 heteroatoms. The molecule has 2 unspecified atom stereocenters. The fourth-order valence-corrected chi connectivity index (χ4v) is 4.83. The Labute approximate surface area is 198 Å². The van der Waals surface area contributed by atoms with Crippen molar-refractivity contribution in [1.29, 1.82) is 0 Å². The standard InChI is InChI=1S/C26H30N2O6/c1-26(13-24(31)32,16-10-11-16)28-23(30)12-17(29)14-27-25(33)34-15-22-20-8-4-2-6-18(20)19-7-3-5-9-21(19)22/h2-9,16-17,22,29H,10-15H2,1H3,(H,27,33)(H,28,30)(H,31,32). The summed E-state index contributed by atoms with van der Waals surface area (Å²) in [6.45, 7) is 1.73. The first-order valence-corrected chi connectivity index (χ1v) is 11.6. The molecule has 180 valence electrons. The van der Waals surface area contributed by atoms with Gasteiger partial charge < -0.3 is 25.6 Å². The largest absolute Gasteiger partial charge is 0.481 e. The molecule has 0 bridgehead atoms. The van der Waals surface area contributed by atoms with Crippen LogP contribution in [0.5, 0.6) is 0 Å². The molecule has 0 aromatic heterocycles. The summed E-state index contributed by atoms with van der Waals surface area (Å²) in [7, 11) is 0. The van der Waals surface area contributed by atoms with Crippen LogP contribution in [-0.4, -0.2) is 53.0 Å². The monoisotopic (exact) mass is 466 g/mol. The molecule has 0 saturated heterocycles. The number of fused-ring (bicyclic) bond motifs is 3. The predicted molar refractivity (Wildman–Crippen MR) is 125 cm³/mol. The summed E-state index contributed by atoms with van der Waals surface area (Å²) in [5, 5.41) is 24.6.